The van der Waals surface area contributed by atoms with E-state index in [4.69, 9.17) is 5.73 Å². The molecular formula is C13H19N7O. The number of H-pyrrole nitrogens is 1. The molecular weight excluding hydrogens is 270 g/mol. The van der Waals surface area contributed by atoms with Crippen LogP contribution in [0.5, 0.6) is 0 Å². The summed E-state index contributed by atoms with van der Waals surface area (Å²) in [5.74, 6) is 1.01. The van der Waals surface area contributed by atoms with Crippen molar-refractivity contribution >= 4 is 28.7 Å². The van der Waals surface area contributed by atoms with Crippen molar-refractivity contribution in [2.45, 2.75) is 19.8 Å². The Bertz CT molecular complexity index is 653. The molecule has 0 radical (unpaired) electrons. The van der Waals surface area contributed by atoms with E-state index < -0.39 is 0 Å². The number of nitrogens with two attached hydrogens (primary N) is 1. The Hall–Kier alpha value is -2.38. The van der Waals surface area contributed by atoms with E-state index in [9.17, 15) is 4.79 Å². The predicted octanol–water partition coefficient (Wildman–Crippen LogP) is 0.486. The normalized spacial score (nSPS) is 18.3. The maximum Gasteiger partial charge on any atom is 0.226 e. The van der Waals surface area contributed by atoms with Crippen LogP contribution in [0.2, 0.25) is 0 Å². The number of fused-ring (bicyclic) bond motifs is 1. The minimum atomic E-state index is -0.251. The summed E-state index contributed by atoms with van der Waals surface area (Å²) in [5.41, 5.74) is 6.09. The van der Waals surface area contributed by atoms with Crippen LogP contribution in [0.3, 0.4) is 0 Å². The molecule has 1 fully saturated rings. The number of hydrogen-bond donors (Lipinski definition) is 3. The first-order valence-corrected chi connectivity index (χ1v) is 7.18. The molecule has 2 aromatic rings. The lowest BCUT2D eigenvalue weighted by atomic mass is 10.1. The smallest absolute Gasteiger partial charge is 0.226 e. The second-order valence-electron chi connectivity index (χ2n) is 5.26. The molecule has 1 atom stereocenters. The molecule has 3 rings (SSSR count). The van der Waals surface area contributed by atoms with Gasteiger partial charge in [0, 0.05) is 19.6 Å². The molecule has 0 spiro atoms. The highest BCUT2D eigenvalue weighted by Crippen LogP contribution is 2.28. The van der Waals surface area contributed by atoms with Crippen LogP contribution >= 0.6 is 0 Å². The summed E-state index contributed by atoms with van der Waals surface area (Å²) in [6.45, 7) is 4.25. The number of nitrogens with zero attached hydrogens (tertiary/aromatic N) is 4. The van der Waals surface area contributed by atoms with E-state index in [1.807, 2.05) is 0 Å². The molecule has 4 N–H and O–H groups in total. The topological polar surface area (TPSA) is 113 Å². The summed E-state index contributed by atoms with van der Waals surface area (Å²) in [7, 11) is 0. The minimum Gasteiger partial charge on any atom is -0.369 e. The van der Waals surface area contributed by atoms with Gasteiger partial charge in [0.05, 0.1) is 17.5 Å². The van der Waals surface area contributed by atoms with E-state index in [0.29, 0.717) is 18.1 Å². The van der Waals surface area contributed by atoms with Crippen LogP contribution in [-0.4, -0.2) is 45.7 Å². The quantitative estimate of drug-likeness (QED) is 0.738. The highest BCUT2D eigenvalue weighted by molar-refractivity contribution is 5.88. The molecule has 8 nitrogen and oxygen atoms in total. The molecule has 0 aromatic carbocycles. The molecule has 1 amide bonds. The summed E-state index contributed by atoms with van der Waals surface area (Å²) in [6, 6.07) is 0. The maximum absolute atomic E-state index is 11.3. The zero-order valence-electron chi connectivity index (χ0n) is 12.0. The Morgan fingerprint density at radius 2 is 2.43 bits per heavy atom. The van der Waals surface area contributed by atoms with Crippen molar-refractivity contribution in [3.8, 4) is 0 Å². The molecule has 21 heavy (non-hydrogen) atoms. The largest absolute Gasteiger partial charge is 0.369 e. The molecule has 1 unspecified atom stereocenters. The van der Waals surface area contributed by atoms with Crippen LogP contribution in [0, 0.1) is 5.92 Å². The number of rotatable bonds is 5. The lowest BCUT2D eigenvalue weighted by molar-refractivity contribution is -0.121. The van der Waals surface area contributed by atoms with E-state index in [2.05, 4.69) is 37.3 Å². The van der Waals surface area contributed by atoms with E-state index in [0.717, 1.165) is 37.1 Å². The van der Waals surface area contributed by atoms with Gasteiger partial charge in [-0.15, -0.1) is 0 Å². The zero-order valence-corrected chi connectivity index (χ0v) is 12.0. The third-order valence-electron chi connectivity index (χ3n) is 3.71. The molecule has 0 aliphatic carbocycles. The molecule has 8 heteroatoms. The van der Waals surface area contributed by atoms with Gasteiger partial charge in [-0.1, -0.05) is 6.92 Å². The number of carbonyl (C=O) groups excluding carboxylic acids is 1. The van der Waals surface area contributed by atoms with Crippen molar-refractivity contribution in [3.05, 3.63) is 6.20 Å². The summed E-state index contributed by atoms with van der Waals surface area (Å²) in [5, 5.41) is 11.0. The lowest BCUT2D eigenvalue weighted by Gasteiger charge is -2.18. The van der Waals surface area contributed by atoms with Crippen molar-refractivity contribution in [3.63, 3.8) is 0 Å². The Balaban J connectivity index is 1.93. The minimum absolute atomic E-state index is 0.117. The molecule has 3 heterocycles. The first-order chi connectivity index (χ1) is 10.2. The van der Waals surface area contributed by atoms with Gasteiger partial charge < -0.3 is 16.0 Å². The average molecular weight is 289 g/mol. The van der Waals surface area contributed by atoms with E-state index in [1.165, 1.54) is 0 Å². The molecule has 1 aliphatic heterocycles. The fraction of sp³-hybridized carbons (Fsp3) is 0.538. The molecule has 2 aromatic heterocycles. The average Bonchev–Trinajstić information content (AvgIpc) is 3.12. The van der Waals surface area contributed by atoms with Crippen LogP contribution in [0.1, 0.15) is 19.8 Å². The first kappa shape index (κ1) is 13.6. The van der Waals surface area contributed by atoms with Crippen molar-refractivity contribution in [2.24, 2.45) is 11.7 Å². The van der Waals surface area contributed by atoms with Gasteiger partial charge in [0.15, 0.2) is 5.65 Å². The Morgan fingerprint density at radius 1 is 1.57 bits per heavy atom. The number of primary amides is 1. The highest BCUT2D eigenvalue weighted by atomic mass is 16.1. The zero-order chi connectivity index (χ0) is 14.8. The van der Waals surface area contributed by atoms with Gasteiger partial charge in [-0.05, 0) is 12.8 Å². The van der Waals surface area contributed by atoms with Crippen molar-refractivity contribution < 1.29 is 4.79 Å². The Kier molecular flexibility index (Phi) is 3.59. The van der Waals surface area contributed by atoms with E-state index in [-0.39, 0.29) is 11.8 Å². The molecule has 0 bridgehead atoms. The lowest BCUT2D eigenvalue weighted by Crippen LogP contribution is -2.28. The Morgan fingerprint density at radius 3 is 3.14 bits per heavy atom. The summed E-state index contributed by atoms with van der Waals surface area (Å²) >= 11 is 0. The van der Waals surface area contributed by atoms with Crippen LogP contribution < -0.4 is 16.0 Å². The SMILES string of the molecule is CCCNc1nc(N2CCC(C(N)=O)C2)c2cn[nH]c2n1. The maximum atomic E-state index is 11.3. The van der Waals surface area contributed by atoms with Crippen LogP contribution in [-0.2, 0) is 4.79 Å². The predicted molar refractivity (Wildman–Crippen MR) is 80.0 cm³/mol. The fourth-order valence-corrected chi connectivity index (χ4v) is 2.56. The number of hydrogen-bond acceptors (Lipinski definition) is 6. The Labute approximate surface area is 122 Å². The number of carbonyl (C=O) groups is 1. The van der Waals surface area contributed by atoms with Crippen molar-refractivity contribution in [1.29, 1.82) is 0 Å². The van der Waals surface area contributed by atoms with E-state index in [1.54, 1.807) is 6.20 Å². The molecule has 1 saturated heterocycles. The second kappa shape index (κ2) is 5.55. The molecule has 1 aliphatic rings. The number of aromatic amines is 1. The van der Waals surface area contributed by atoms with Gasteiger partial charge in [-0.2, -0.15) is 15.1 Å². The van der Waals surface area contributed by atoms with Gasteiger partial charge in [-0.3, -0.25) is 9.89 Å². The van der Waals surface area contributed by atoms with Gasteiger partial charge in [0.2, 0.25) is 11.9 Å². The van der Waals surface area contributed by atoms with Crippen LogP contribution in [0.4, 0.5) is 11.8 Å². The van der Waals surface area contributed by atoms with Gasteiger partial charge in [0.25, 0.3) is 0 Å². The fourth-order valence-electron chi connectivity index (χ4n) is 2.56. The number of nitrogens with one attached hydrogen (secondary N) is 2. The molecule has 0 saturated carbocycles. The number of amides is 1. The van der Waals surface area contributed by atoms with Crippen molar-refractivity contribution in [1.82, 2.24) is 20.2 Å². The van der Waals surface area contributed by atoms with E-state index >= 15 is 0 Å². The summed E-state index contributed by atoms with van der Waals surface area (Å²) in [6.07, 6.45) is 3.47. The molecule has 112 valence electrons. The van der Waals surface area contributed by atoms with Crippen molar-refractivity contribution in [2.75, 3.05) is 29.9 Å². The van der Waals surface area contributed by atoms with Gasteiger partial charge in [0.1, 0.15) is 5.82 Å². The van der Waals surface area contributed by atoms with Gasteiger partial charge >= 0.3 is 0 Å². The first-order valence-electron chi connectivity index (χ1n) is 7.18. The monoisotopic (exact) mass is 289 g/mol. The highest BCUT2D eigenvalue weighted by Gasteiger charge is 2.29. The number of aromatic nitrogens is 4. The third-order valence-corrected chi connectivity index (χ3v) is 3.71. The van der Waals surface area contributed by atoms with Crippen LogP contribution in [0.25, 0.3) is 11.0 Å². The summed E-state index contributed by atoms with van der Waals surface area (Å²) in [4.78, 5) is 22.4. The van der Waals surface area contributed by atoms with Crippen LogP contribution in [0.15, 0.2) is 6.20 Å². The van der Waals surface area contributed by atoms with Gasteiger partial charge in [-0.25, -0.2) is 0 Å². The summed E-state index contributed by atoms with van der Waals surface area (Å²) < 4.78 is 0. The second-order valence-corrected chi connectivity index (χ2v) is 5.26. The number of anilines is 2. The standard InChI is InChI=1S/C13H19N7O/c1-2-4-15-13-17-11-9(6-16-19-11)12(18-13)20-5-3-8(7-20)10(14)21/h6,8H,2-5,7H2,1H3,(H2,14,21)(H2,15,16,17,18,19). The third kappa shape index (κ3) is 2.61.